The van der Waals surface area contributed by atoms with Gasteiger partial charge in [0.1, 0.15) is 12.4 Å². The van der Waals surface area contributed by atoms with Crippen LogP contribution in [0.1, 0.15) is 49.9 Å². The van der Waals surface area contributed by atoms with Crippen LogP contribution in [0.5, 0.6) is 0 Å². The number of amides is 1. The molecule has 2 aromatic carbocycles. The van der Waals surface area contributed by atoms with Gasteiger partial charge in [0.25, 0.3) is 0 Å². The highest BCUT2D eigenvalue weighted by molar-refractivity contribution is 5.81. The van der Waals surface area contributed by atoms with Crippen molar-refractivity contribution in [2.24, 2.45) is 0 Å². The van der Waals surface area contributed by atoms with E-state index in [0.29, 0.717) is 12.6 Å². The molecule has 4 rings (SSSR count). The Morgan fingerprint density at radius 3 is 2.44 bits per heavy atom. The molecule has 1 fully saturated rings. The summed E-state index contributed by atoms with van der Waals surface area (Å²) >= 11 is 0. The molecule has 1 aromatic heterocycles. The third-order valence-electron chi connectivity index (χ3n) is 5.46. The summed E-state index contributed by atoms with van der Waals surface area (Å²) < 4.78 is 2.08. The number of carbonyl (C=O) groups is 1. The van der Waals surface area contributed by atoms with Crippen molar-refractivity contribution in [1.82, 2.24) is 14.9 Å². The summed E-state index contributed by atoms with van der Waals surface area (Å²) in [5, 5.41) is 3.27. The second kappa shape index (κ2) is 8.38. The fraction of sp³-hybridized carbons (Fsp3) is 0.391. The van der Waals surface area contributed by atoms with E-state index < -0.39 is 0 Å². The van der Waals surface area contributed by atoms with E-state index in [-0.39, 0.29) is 5.91 Å². The average molecular weight is 361 g/mol. The molecular formula is C23H27N3O. The summed E-state index contributed by atoms with van der Waals surface area (Å²) in [7, 11) is 0. The van der Waals surface area contributed by atoms with Gasteiger partial charge in [-0.1, -0.05) is 68.1 Å². The zero-order valence-electron chi connectivity index (χ0n) is 15.7. The maximum Gasteiger partial charge on any atom is 0.240 e. The van der Waals surface area contributed by atoms with Crippen molar-refractivity contribution >= 4 is 16.9 Å². The topological polar surface area (TPSA) is 46.9 Å². The first-order chi connectivity index (χ1) is 13.3. The van der Waals surface area contributed by atoms with Crippen molar-refractivity contribution < 1.29 is 4.79 Å². The van der Waals surface area contributed by atoms with Crippen LogP contribution in [-0.2, 0) is 17.8 Å². The third kappa shape index (κ3) is 4.38. The minimum Gasteiger partial charge on any atom is -0.352 e. The Morgan fingerprint density at radius 1 is 0.963 bits per heavy atom. The number of rotatable bonds is 5. The van der Waals surface area contributed by atoms with Gasteiger partial charge in [-0.3, -0.25) is 4.79 Å². The zero-order valence-corrected chi connectivity index (χ0v) is 15.7. The Balaban J connectivity index is 1.55. The molecule has 1 amide bonds. The van der Waals surface area contributed by atoms with Crippen molar-refractivity contribution in [3.8, 4) is 0 Å². The van der Waals surface area contributed by atoms with Crippen LogP contribution in [0, 0.1) is 0 Å². The number of carbonyl (C=O) groups excluding carboxylic acids is 1. The summed E-state index contributed by atoms with van der Waals surface area (Å²) in [5.41, 5.74) is 3.18. The van der Waals surface area contributed by atoms with Crippen molar-refractivity contribution in [2.45, 2.75) is 57.5 Å². The van der Waals surface area contributed by atoms with Gasteiger partial charge in [0, 0.05) is 12.5 Å². The molecule has 3 aromatic rings. The van der Waals surface area contributed by atoms with Crippen LogP contribution in [0.15, 0.2) is 54.6 Å². The highest BCUT2D eigenvalue weighted by Gasteiger charge is 2.18. The molecule has 1 N–H and O–H groups in total. The molecule has 1 saturated carbocycles. The van der Waals surface area contributed by atoms with E-state index in [1.807, 2.05) is 36.4 Å². The molecule has 140 valence electrons. The molecule has 0 spiro atoms. The lowest BCUT2D eigenvalue weighted by atomic mass is 10.1. The molecule has 27 heavy (non-hydrogen) atoms. The van der Waals surface area contributed by atoms with Gasteiger partial charge in [0.15, 0.2) is 0 Å². The van der Waals surface area contributed by atoms with Crippen LogP contribution in [0.4, 0.5) is 0 Å². The van der Waals surface area contributed by atoms with E-state index in [1.54, 1.807) is 0 Å². The zero-order chi connectivity index (χ0) is 18.5. The molecule has 0 radical (unpaired) electrons. The van der Waals surface area contributed by atoms with E-state index in [1.165, 1.54) is 31.2 Å². The Hall–Kier alpha value is -2.62. The quantitative estimate of drug-likeness (QED) is 0.682. The van der Waals surface area contributed by atoms with E-state index in [4.69, 9.17) is 4.98 Å². The number of nitrogens with one attached hydrogen (secondary N) is 1. The first-order valence-electron chi connectivity index (χ1n) is 10.1. The SMILES string of the molecule is O=C(Cn1c(Cc2ccccc2)nc2ccccc21)NC1CCCCCC1. The van der Waals surface area contributed by atoms with Gasteiger partial charge < -0.3 is 9.88 Å². The molecule has 0 unspecified atom stereocenters. The van der Waals surface area contributed by atoms with Crippen LogP contribution in [0.2, 0.25) is 0 Å². The molecule has 4 nitrogen and oxygen atoms in total. The molecule has 0 bridgehead atoms. The molecule has 1 aliphatic carbocycles. The summed E-state index contributed by atoms with van der Waals surface area (Å²) in [6.07, 6.45) is 7.96. The molecule has 1 aliphatic rings. The number of fused-ring (bicyclic) bond motifs is 1. The van der Waals surface area contributed by atoms with E-state index >= 15 is 0 Å². The van der Waals surface area contributed by atoms with Crippen LogP contribution in [0.25, 0.3) is 11.0 Å². The first kappa shape index (κ1) is 17.8. The Bertz CT molecular complexity index is 892. The highest BCUT2D eigenvalue weighted by atomic mass is 16.2. The molecule has 1 heterocycles. The summed E-state index contributed by atoms with van der Waals surface area (Å²) in [6.45, 7) is 0.333. The number of benzene rings is 2. The van der Waals surface area contributed by atoms with Gasteiger partial charge in [0.05, 0.1) is 11.0 Å². The molecule has 0 atom stereocenters. The second-order valence-corrected chi connectivity index (χ2v) is 7.52. The Labute approximate surface area is 160 Å². The van der Waals surface area contributed by atoms with Crippen LogP contribution in [0.3, 0.4) is 0 Å². The average Bonchev–Trinajstić information content (AvgIpc) is 2.84. The Kier molecular flexibility index (Phi) is 5.52. The number of nitrogens with zero attached hydrogens (tertiary/aromatic N) is 2. The number of hydrogen-bond donors (Lipinski definition) is 1. The maximum absolute atomic E-state index is 12.8. The van der Waals surface area contributed by atoms with Crippen molar-refractivity contribution in [1.29, 1.82) is 0 Å². The van der Waals surface area contributed by atoms with Gasteiger partial charge in [-0.25, -0.2) is 4.98 Å². The summed E-state index contributed by atoms with van der Waals surface area (Å²) in [4.78, 5) is 17.6. The van der Waals surface area contributed by atoms with Crippen molar-refractivity contribution in [3.05, 3.63) is 66.0 Å². The standard InChI is InChI=1S/C23H27N3O/c27-23(24-19-12-6-1-2-7-13-19)17-26-21-15-9-8-14-20(21)25-22(26)16-18-10-4-3-5-11-18/h3-5,8-11,14-15,19H,1-2,6-7,12-13,16-17H2,(H,24,27). The van der Waals surface area contributed by atoms with E-state index in [9.17, 15) is 4.79 Å². The normalized spacial score (nSPS) is 15.6. The first-order valence-corrected chi connectivity index (χ1v) is 10.1. The highest BCUT2D eigenvalue weighted by Crippen LogP contribution is 2.20. The summed E-state index contributed by atoms with van der Waals surface area (Å²) in [6, 6.07) is 18.7. The predicted molar refractivity (Wildman–Crippen MR) is 109 cm³/mol. The Morgan fingerprint density at radius 2 is 1.67 bits per heavy atom. The molecular weight excluding hydrogens is 334 g/mol. The number of aromatic nitrogens is 2. The van der Waals surface area contributed by atoms with Crippen molar-refractivity contribution in [2.75, 3.05) is 0 Å². The lowest BCUT2D eigenvalue weighted by molar-refractivity contribution is -0.122. The number of imidazole rings is 1. The minimum atomic E-state index is 0.0966. The molecule has 0 saturated heterocycles. The van der Waals surface area contributed by atoms with Crippen LogP contribution in [-0.4, -0.2) is 21.5 Å². The number of para-hydroxylation sites is 2. The fourth-order valence-corrected chi connectivity index (χ4v) is 4.06. The van der Waals surface area contributed by atoms with Gasteiger partial charge in [-0.05, 0) is 30.5 Å². The minimum absolute atomic E-state index is 0.0966. The largest absolute Gasteiger partial charge is 0.352 e. The van der Waals surface area contributed by atoms with Crippen LogP contribution >= 0.6 is 0 Å². The fourth-order valence-electron chi connectivity index (χ4n) is 4.06. The van der Waals surface area contributed by atoms with Gasteiger partial charge in [-0.2, -0.15) is 0 Å². The molecule has 0 aliphatic heterocycles. The van der Waals surface area contributed by atoms with Gasteiger partial charge in [-0.15, -0.1) is 0 Å². The lowest BCUT2D eigenvalue weighted by Gasteiger charge is -2.17. The maximum atomic E-state index is 12.8. The van der Waals surface area contributed by atoms with Gasteiger partial charge >= 0.3 is 0 Å². The second-order valence-electron chi connectivity index (χ2n) is 7.52. The van der Waals surface area contributed by atoms with Crippen molar-refractivity contribution in [3.63, 3.8) is 0 Å². The smallest absolute Gasteiger partial charge is 0.240 e. The predicted octanol–water partition coefficient (Wildman–Crippen LogP) is 4.47. The molecule has 4 heteroatoms. The number of hydrogen-bond acceptors (Lipinski definition) is 2. The van der Waals surface area contributed by atoms with Crippen LogP contribution < -0.4 is 5.32 Å². The van der Waals surface area contributed by atoms with Gasteiger partial charge in [0.2, 0.25) is 5.91 Å². The monoisotopic (exact) mass is 361 g/mol. The van der Waals surface area contributed by atoms with E-state index in [2.05, 4.69) is 28.1 Å². The lowest BCUT2D eigenvalue weighted by Crippen LogP contribution is -2.37. The van der Waals surface area contributed by atoms with E-state index in [0.717, 1.165) is 36.1 Å². The third-order valence-corrected chi connectivity index (χ3v) is 5.46. The summed E-state index contributed by atoms with van der Waals surface area (Å²) in [5.74, 6) is 1.04.